The number of anilines is 1. The van der Waals surface area contributed by atoms with Gasteiger partial charge in [0.15, 0.2) is 5.82 Å². The number of nitrogens with one attached hydrogen (secondary N) is 2. The van der Waals surface area contributed by atoms with E-state index in [1.807, 2.05) is 6.07 Å². The Hall–Kier alpha value is -2.70. The number of hydrogen-bond acceptors (Lipinski definition) is 4. The van der Waals surface area contributed by atoms with Gasteiger partial charge >= 0.3 is 0 Å². The van der Waals surface area contributed by atoms with Crippen molar-refractivity contribution in [2.75, 3.05) is 5.32 Å². The molecular formula is C17H18N6O. The quantitative estimate of drug-likeness (QED) is 0.776. The highest BCUT2D eigenvalue weighted by Crippen LogP contribution is 2.52. The van der Waals surface area contributed by atoms with Crippen LogP contribution in [0.2, 0.25) is 0 Å². The lowest BCUT2D eigenvalue weighted by Crippen LogP contribution is -2.12. The van der Waals surface area contributed by atoms with Gasteiger partial charge in [0.05, 0.1) is 11.7 Å². The lowest BCUT2D eigenvalue weighted by molar-refractivity contribution is 0.102. The number of amides is 1. The standard InChI is InChI=1S/C17H18N6O/c24-17(12-3-4-23-13(7-12)9-18-22-23)19-16-8-15(20-21-16)14-6-10-1-2-11(14)5-10/h3-4,7-11,14H,1-2,5-6H2,(H2,19,20,21,24). The van der Waals surface area contributed by atoms with E-state index in [4.69, 9.17) is 0 Å². The van der Waals surface area contributed by atoms with Crippen LogP contribution in [0.15, 0.2) is 30.6 Å². The first kappa shape index (κ1) is 13.7. The molecule has 0 aromatic carbocycles. The molecule has 0 saturated heterocycles. The van der Waals surface area contributed by atoms with Crippen LogP contribution in [0, 0.1) is 11.8 Å². The van der Waals surface area contributed by atoms with Crippen LogP contribution in [0.3, 0.4) is 0 Å². The first-order chi connectivity index (χ1) is 11.8. The molecule has 5 rings (SSSR count). The number of nitrogens with zero attached hydrogens (tertiary/aromatic N) is 4. The zero-order valence-electron chi connectivity index (χ0n) is 13.1. The van der Waals surface area contributed by atoms with E-state index in [2.05, 4.69) is 25.8 Å². The summed E-state index contributed by atoms with van der Waals surface area (Å²) in [7, 11) is 0. The molecule has 0 aliphatic heterocycles. The highest BCUT2D eigenvalue weighted by atomic mass is 16.1. The first-order valence-corrected chi connectivity index (χ1v) is 8.43. The molecule has 2 N–H and O–H groups in total. The monoisotopic (exact) mass is 322 g/mol. The number of fused-ring (bicyclic) bond motifs is 3. The lowest BCUT2D eigenvalue weighted by Gasteiger charge is -2.19. The molecule has 7 heteroatoms. The Balaban J connectivity index is 1.33. The third-order valence-corrected chi connectivity index (χ3v) is 5.54. The van der Waals surface area contributed by atoms with Gasteiger partial charge in [0, 0.05) is 29.4 Å². The number of rotatable bonds is 3. The Labute approximate surface area is 138 Å². The minimum absolute atomic E-state index is 0.176. The summed E-state index contributed by atoms with van der Waals surface area (Å²) >= 11 is 0. The van der Waals surface area contributed by atoms with E-state index >= 15 is 0 Å². The summed E-state index contributed by atoms with van der Waals surface area (Å²) in [6.07, 6.45) is 8.66. The van der Waals surface area contributed by atoms with Crippen LogP contribution in [-0.2, 0) is 0 Å². The van der Waals surface area contributed by atoms with Gasteiger partial charge in [-0.05, 0) is 43.2 Å². The maximum Gasteiger partial charge on any atom is 0.256 e. The summed E-state index contributed by atoms with van der Waals surface area (Å²) in [6.45, 7) is 0. The molecular weight excluding hydrogens is 304 g/mol. The van der Waals surface area contributed by atoms with E-state index in [1.54, 1.807) is 29.0 Å². The van der Waals surface area contributed by atoms with Gasteiger partial charge in [-0.25, -0.2) is 4.52 Å². The van der Waals surface area contributed by atoms with E-state index in [0.717, 1.165) is 23.0 Å². The molecule has 0 radical (unpaired) electrons. The summed E-state index contributed by atoms with van der Waals surface area (Å²) in [6, 6.07) is 5.47. The normalized spacial score (nSPS) is 25.4. The second-order valence-corrected chi connectivity index (χ2v) is 6.96. The van der Waals surface area contributed by atoms with Crippen LogP contribution in [0.1, 0.15) is 47.7 Å². The SMILES string of the molecule is O=C(Nc1cc(C2CC3CCC2C3)[nH]n1)c1ccn2nncc2c1. The zero-order valence-corrected chi connectivity index (χ0v) is 13.1. The largest absolute Gasteiger partial charge is 0.305 e. The molecule has 0 spiro atoms. The van der Waals surface area contributed by atoms with Crippen molar-refractivity contribution < 1.29 is 4.79 Å². The molecule has 3 aromatic heterocycles. The zero-order chi connectivity index (χ0) is 16.1. The molecule has 3 atom stereocenters. The Morgan fingerprint density at radius 2 is 2.25 bits per heavy atom. The molecule has 2 aliphatic carbocycles. The third-order valence-electron chi connectivity index (χ3n) is 5.54. The van der Waals surface area contributed by atoms with Gasteiger partial charge in [0.1, 0.15) is 0 Å². The highest BCUT2D eigenvalue weighted by molar-refractivity contribution is 6.04. The third kappa shape index (κ3) is 2.19. The Bertz CT molecular complexity index is 913. The number of H-pyrrole nitrogens is 1. The van der Waals surface area contributed by atoms with E-state index in [-0.39, 0.29) is 5.91 Å². The van der Waals surface area contributed by atoms with E-state index in [0.29, 0.717) is 17.3 Å². The first-order valence-electron chi connectivity index (χ1n) is 8.43. The molecule has 122 valence electrons. The molecule has 3 heterocycles. The second kappa shape index (κ2) is 5.15. The summed E-state index contributed by atoms with van der Waals surface area (Å²) < 4.78 is 1.62. The number of pyridine rings is 1. The molecule has 1 amide bonds. The Morgan fingerprint density at radius 3 is 3.08 bits per heavy atom. The van der Waals surface area contributed by atoms with Crippen LogP contribution in [-0.4, -0.2) is 30.9 Å². The number of carbonyl (C=O) groups is 1. The Morgan fingerprint density at radius 1 is 1.29 bits per heavy atom. The fraction of sp³-hybridized carbons (Fsp3) is 0.412. The van der Waals surface area contributed by atoms with E-state index in [1.165, 1.54) is 25.7 Å². The van der Waals surface area contributed by atoms with Crippen molar-refractivity contribution in [2.45, 2.75) is 31.6 Å². The number of aromatic nitrogens is 5. The van der Waals surface area contributed by atoms with E-state index in [9.17, 15) is 4.79 Å². The minimum atomic E-state index is -0.176. The Kier molecular flexibility index (Phi) is 2.95. The molecule has 24 heavy (non-hydrogen) atoms. The van der Waals surface area contributed by atoms with Crippen LogP contribution in [0.25, 0.3) is 5.52 Å². The highest BCUT2D eigenvalue weighted by Gasteiger charge is 2.40. The maximum absolute atomic E-state index is 12.4. The van der Waals surface area contributed by atoms with Gasteiger partial charge in [0.25, 0.3) is 5.91 Å². The van der Waals surface area contributed by atoms with Gasteiger partial charge in [-0.3, -0.25) is 9.89 Å². The summed E-state index contributed by atoms with van der Waals surface area (Å²) in [5.74, 6) is 2.66. The van der Waals surface area contributed by atoms with Crippen molar-refractivity contribution in [1.82, 2.24) is 25.0 Å². The lowest BCUT2D eigenvalue weighted by atomic mass is 9.86. The van der Waals surface area contributed by atoms with Crippen LogP contribution in [0.4, 0.5) is 5.82 Å². The van der Waals surface area contributed by atoms with E-state index < -0.39 is 0 Å². The van der Waals surface area contributed by atoms with Crippen LogP contribution >= 0.6 is 0 Å². The molecule has 2 saturated carbocycles. The van der Waals surface area contributed by atoms with Crippen molar-refractivity contribution in [3.05, 3.63) is 41.9 Å². The maximum atomic E-state index is 12.4. The van der Waals surface area contributed by atoms with Crippen molar-refractivity contribution in [3.63, 3.8) is 0 Å². The molecule has 3 aromatic rings. The second-order valence-electron chi connectivity index (χ2n) is 6.96. The minimum Gasteiger partial charge on any atom is -0.305 e. The topological polar surface area (TPSA) is 88.0 Å². The summed E-state index contributed by atoms with van der Waals surface area (Å²) in [5.41, 5.74) is 2.51. The average molecular weight is 322 g/mol. The molecule has 2 bridgehead atoms. The summed E-state index contributed by atoms with van der Waals surface area (Å²) in [5, 5.41) is 18.0. The van der Waals surface area contributed by atoms with Gasteiger partial charge in [-0.2, -0.15) is 5.10 Å². The molecule has 3 unspecified atom stereocenters. The molecule has 2 fully saturated rings. The van der Waals surface area contributed by atoms with Gasteiger partial charge in [-0.15, -0.1) is 5.10 Å². The smallest absolute Gasteiger partial charge is 0.256 e. The number of carbonyl (C=O) groups excluding carboxylic acids is 1. The predicted octanol–water partition coefficient (Wildman–Crippen LogP) is 2.61. The van der Waals surface area contributed by atoms with Crippen molar-refractivity contribution >= 4 is 17.2 Å². The van der Waals surface area contributed by atoms with Gasteiger partial charge < -0.3 is 5.32 Å². The van der Waals surface area contributed by atoms with Crippen molar-refractivity contribution in [2.24, 2.45) is 11.8 Å². The van der Waals surface area contributed by atoms with Crippen molar-refractivity contribution in [1.29, 1.82) is 0 Å². The fourth-order valence-electron chi connectivity index (χ4n) is 4.37. The van der Waals surface area contributed by atoms with Crippen LogP contribution < -0.4 is 5.32 Å². The van der Waals surface area contributed by atoms with Gasteiger partial charge in [0.2, 0.25) is 0 Å². The number of hydrogen-bond donors (Lipinski definition) is 2. The van der Waals surface area contributed by atoms with Crippen LogP contribution in [0.5, 0.6) is 0 Å². The molecule has 7 nitrogen and oxygen atoms in total. The summed E-state index contributed by atoms with van der Waals surface area (Å²) in [4.78, 5) is 12.4. The molecule has 2 aliphatic rings. The average Bonchev–Trinajstić information content (AvgIpc) is 3.37. The fourth-order valence-corrected chi connectivity index (χ4v) is 4.37. The predicted molar refractivity (Wildman–Crippen MR) is 87.7 cm³/mol. The number of aromatic amines is 1. The van der Waals surface area contributed by atoms with Crippen molar-refractivity contribution in [3.8, 4) is 0 Å². The van der Waals surface area contributed by atoms with Gasteiger partial charge in [-0.1, -0.05) is 11.6 Å².